The zero-order chi connectivity index (χ0) is 12.2. The van der Waals surface area contributed by atoms with Crippen molar-refractivity contribution in [1.29, 1.82) is 0 Å². The Labute approximate surface area is 117 Å². The lowest BCUT2D eigenvalue weighted by Gasteiger charge is -2.10. The number of rotatable bonds is 4. The van der Waals surface area contributed by atoms with Crippen LogP contribution in [0.4, 0.5) is 5.69 Å². The van der Waals surface area contributed by atoms with Crippen LogP contribution >= 0.6 is 12.4 Å². The topological polar surface area (TPSA) is 62.5 Å². The van der Waals surface area contributed by atoms with Gasteiger partial charge in [-0.3, -0.25) is 4.99 Å². The summed E-state index contributed by atoms with van der Waals surface area (Å²) in [5.74, 6) is 1.77. The van der Waals surface area contributed by atoms with Gasteiger partial charge in [0.15, 0.2) is 5.76 Å². The second-order valence-electron chi connectivity index (χ2n) is 4.03. The van der Waals surface area contributed by atoms with E-state index in [0.717, 1.165) is 35.9 Å². The normalized spacial score (nSPS) is 13.4. The molecule has 1 aromatic heterocycles. The zero-order valence-electron chi connectivity index (χ0n) is 10.3. The Balaban J connectivity index is 0.00000133. The fourth-order valence-electron chi connectivity index (χ4n) is 1.95. The molecule has 2 N–H and O–H groups in total. The van der Waals surface area contributed by atoms with E-state index in [4.69, 9.17) is 4.52 Å². The highest BCUT2D eigenvalue weighted by molar-refractivity contribution is 5.88. The standard InChI is InChI=1S/C13H14N4O.ClH/c1-2-4-11(16-9-13-14-7-8-15-13)10(3-1)12-5-6-17-18-12;/h1-6,16H,7-9H2,(H,14,15);1H. The van der Waals surface area contributed by atoms with Gasteiger partial charge in [-0.25, -0.2) is 0 Å². The SMILES string of the molecule is Cl.c1ccc(-c2ccno2)c(NCC2=NCCN2)c1. The number of hydrogen-bond acceptors (Lipinski definition) is 5. The van der Waals surface area contributed by atoms with E-state index in [-0.39, 0.29) is 12.4 Å². The minimum absolute atomic E-state index is 0. The Morgan fingerprint density at radius 2 is 2.16 bits per heavy atom. The summed E-state index contributed by atoms with van der Waals surface area (Å²) in [6.07, 6.45) is 1.65. The van der Waals surface area contributed by atoms with Crippen molar-refractivity contribution in [2.24, 2.45) is 4.99 Å². The van der Waals surface area contributed by atoms with E-state index in [1.54, 1.807) is 6.20 Å². The summed E-state index contributed by atoms with van der Waals surface area (Å²) in [7, 11) is 0. The first kappa shape index (κ1) is 13.4. The van der Waals surface area contributed by atoms with Crippen molar-refractivity contribution in [3.8, 4) is 11.3 Å². The monoisotopic (exact) mass is 278 g/mol. The van der Waals surface area contributed by atoms with Crippen molar-refractivity contribution in [1.82, 2.24) is 10.5 Å². The molecule has 100 valence electrons. The molecule has 1 aliphatic heterocycles. The maximum Gasteiger partial charge on any atom is 0.168 e. The molecule has 0 bridgehead atoms. The van der Waals surface area contributed by atoms with Gasteiger partial charge >= 0.3 is 0 Å². The molecule has 0 amide bonds. The van der Waals surface area contributed by atoms with E-state index in [1.807, 2.05) is 30.3 Å². The van der Waals surface area contributed by atoms with Gasteiger partial charge in [0, 0.05) is 23.9 Å². The van der Waals surface area contributed by atoms with Gasteiger partial charge in [0.25, 0.3) is 0 Å². The lowest BCUT2D eigenvalue weighted by molar-refractivity contribution is 0.432. The summed E-state index contributed by atoms with van der Waals surface area (Å²) in [5.41, 5.74) is 2.03. The van der Waals surface area contributed by atoms with Gasteiger partial charge in [-0.2, -0.15) is 0 Å². The largest absolute Gasteiger partial charge is 0.377 e. The molecule has 0 atom stereocenters. The predicted octanol–water partition coefficient (Wildman–Crippen LogP) is 2.18. The van der Waals surface area contributed by atoms with Crippen LogP contribution in [-0.4, -0.2) is 30.6 Å². The van der Waals surface area contributed by atoms with Crippen molar-refractivity contribution >= 4 is 23.9 Å². The first-order valence-electron chi connectivity index (χ1n) is 5.94. The fraction of sp³-hybridized carbons (Fsp3) is 0.231. The highest BCUT2D eigenvalue weighted by Crippen LogP contribution is 2.27. The smallest absolute Gasteiger partial charge is 0.168 e. The van der Waals surface area contributed by atoms with Gasteiger partial charge in [-0.15, -0.1) is 12.4 Å². The fourth-order valence-corrected chi connectivity index (χ4v) is 1.95. The highest BCUT2D eigenvalue weighted by Gasteiger charge is 2.09. The molecule has 0 spiro atoms. The van der Waals surface area contributed by atoms with Crippen molar-refractivity contribution < 1.29 is 4.52 Å². The third kappa shape index (κ3) is 3.06. The quantitative estimate of drug-likeness (QED) is 0.900. The molecule has 2 aromatic rings. The summed E-state index contributed by atoms with van der Waals surface area (Å²) in [6, 6.07) is 9.85. The maximum absolute atomic E-state index is 5.20. The average molecular weight is 279 g/mol. The minimum atomic E-state index is 0. The van der Waals surface area contributed by atoms with Crippen LogP contribution in [0.25, 0.3) is 11.3 Å². The van der Waals surface area contributed by atoms with Crippen LogP contribution in [0.3, 0.4) is 0 Å². The van der Waals surface area contributed by atoms with Gasteiger partial charge in [0.2, 0.25) is 0 Å². The molecule has 0 saturated heterocycles. The molecular formula is C13H15ClN4O. The van der Waals surface area contributed by atoms with E-state index in [9.17, 15) is 0 Å². The number of nitrogens with one attached hydrogen (secondary N) is 2. The molecule has 0 fully saturated rings. The molecule has 2 heterocycles. The Bertz CT molecular complexity index is 554. The first-order valence-corrected chi connectivity index (χ1v) is 5.94. The molecule has 19 heavy (non-hydrogen) atoms. The summed E-state index contributed by atoms with van der Waals surface area (Å²) >= 11 is 0. The summed E-state index contributed by atoms with van der Waals surface area (Å²) in [4.78, 5) is 4.35. The number of nitrogens with zero attached hydrogens (tertiary/aromatic N) is 2. The van der Waals surface area contributed by atoms with Crippen LogP contribution in [-0.2, 0) is 0 Å². The number of anilines is 1. The third-order valence-electron chi connectivity index (χ3n) is 2.82. The van der Waals surface area contributed by atoms with E-state index in [2.05, 4.69) is 20.8 Å². The molecule has 3 rings (SSSR count). The average Bonchev–Trinajstić information content (AvgIpc) is 3.10. The van der Waals surface area contributed by atoms with Gasteiger partial charge in [0.05, 0.1) is 19.3 Å². The number of aromatic nitrogens is 1. The molecule has 5 nitrogen and oxygen atoms in total. The van der Waals surface area contributed by atoms with Crippen molar-refractivity contribution in [2.45, 2.75) is 0 Å². The Hall–Kier alpha value is -2.01. The van der Waals surface area contributed by atoms with E-state index >= 15 is 0 Å². The predicted molar refractivity (Wildman–Crippen MR) is 78.0 cm³/mol. The van der Waals surface area contributed by atoms with Crippen LogP contribution in [0, 0.1) is 0 Å². The number of benzene rings is 1. The summed E-state index contributed by atoms with van der Waals surface area (Å²) < 4.78 is 5.20. The van der Waals surface area contributed by atoms with Crippen molar-refractivity contribution in [3.63, 3.8) is 0 Å². The molecular weight excluding hydrogens is 264 g/mol. The molecule has 0 radical (unpaired) electrons. The summed E-state index contributed by atoms with van der Waals surface area (Å²) in [5, 5.41) is 10.3. The van der Waals surface area contributed by atoms with Crippen LogP contribution in [0.1, 0.15) is 0 Å². The van der Waals surface area contributed by atoms with Gasteiger partial charge in [-0.1, -0.05) is 17.3 Å². The van der Waals surface area contributed by atoms with Crippen LogP contribution in [0.2, 0.25) is 0 Å². The molecule has 0 saturated carbocycles. The lowest BCUT2D eigenvalue weighted by atomic mass is 10.1. The van der Waals surface area contributed by atoms with Crippen LogP contribution < -0.4 is 10.6 Å². The second kappa shape index (κ2) is 6.24. The number of para-hydroxylation sites is 1. The van der Waals surface area contributed by atoms with Crippen LogP contribution in [0.5, 0.6) is 0 Å². The third-order valence-corrected chi connectivity index (χ3v) is 2.82. The van der Waals surface area contributed by atoms with Crippen molar-refractivity contribution in [2.75, 3.05) is 25.0 Å². The minimum Gasteiger partial charge on any atom is -0.377 e. The van der Waals surface area contributed by atoms with E-state index < -0.39 is 0 Å². The van der Waals surface area contributed by atoms with E-state index in [1.165, 1.54) is 0 Å². The molecule has 6 heteroatoms. The number of aliphatic imine (C=N–C) groups is 1. The highest BCUT2D eigenvalue weighted by atomic mass is 35.5. The second-order valence-corrected chi connectivity index (χ2v) is 4.03. The van der Waals surface area contributed by atoms with Gasteiger partial charge in [-0.05, 0) is 12.1 Å². The number of halogens is 1. The Morgan fingerprint density at radius 1 is 1.26 bits per heavy atom. The molecule has 1 aromatic carbocycles. The van der Waals surface area contributed by atoms with Gasteiger partial charge in [0.1, 0.15) is 5.84 Å². The molecule has 0 aliphatic carbocycles. The molecule has 0 unspecified atom stereocenters. The van der Waals surface area contributed by atoms with Crippen LogP contribution in [0.15, 0.2) is 46.0 Å². The van der Waals surface area contributed by atoms with Gasteiger partial charge < -0.3 is 15.2 Å². The summed E-state index contributed by atoms with van der Waals surface area (Å²) in [6.45, 7) is 2.49. The van der Waals surface area contributed by atoms with E-state index in [0.29, 0.717) is 6.54 Å². The molecule has 1 aliphatic rings. The lowest BCUT2D eigenvalue weighted by Crippen LogP contribution is -2.26. The number of hydrogen-bond donors (Lipinski definition) is 2. The Morgan fingerprint density at radius 3 is 2.89 bits per heavy atom. The first-order chi connectivity index (χ1) is 8.93. The zero-order valence-corrected chi connectivity index (χ0v) is 11.1. The number of amidine groups is 1. The maximum atomic E-state index is 5.20. The van der Waals surface area contributed by atoms with Crippen molar-refractivity contribution in [3.05, 3.63) is 36.5 Å². The Kier molecular flexibility index (Phi) is 4.41.